The van der Waals surface area contributed by atoms with E-state index in [2.05, 4.69) is 5.32 Å². The third-order valence-electron chi connectivity index (χ3n) is 5.33. The van der Waals surface area contributed by atoms with Crippen molar-refractivity contribution in [2.75, 3.05) is 27.2 Å². The fourth-order valence-corrected chi connectivity index (χ4v) is 3.74. The summed E-state index contributed by atoms with van der Waals surface area (Å²) in [6.45, 7) is 0.657. The Hall–Kier alpha value is -0.950. The van der Waals surface area contributed by atoms with Gasteiger partial charge in [0.2, 0.25) is 5.91 Å². The van der Waals surface area contributed by atoms with E-state index in [9.17, 15) is 13.6 Å². The Bertz CT molecular complexity index is 576. The number of carbonyl (C=O) groups excluding carboxylic acids is 1. The largest absolute Gasteiger partial charge is 0.354 e. The van der Waals surface area contributed by atoms with Crippen LogP contribution in [0.15, 0.2) is 18.2 Å². The van der Waals surface area contributed by atoms with Crippen LogP contribution in [-0.4, -0.2) is 38.0 Å². The van der Waals surface area contributed by atoms with Crippen molar-refractivity contribution in [3.8, 4) is 0 Å². The van der Waals surface area contributed by atoms with Crippen LogP contribution in [-0.2, 0) is 4.79 Å². The van der Waals surface area contributed by atoms with Crippen molar-refractivity contribution in [3.63, 3.8) is 0 Å². The predicted octanol–water partition coefficient (Wildman–Crippen LogP) is 3.83. The van der Waals surface area contributed by atoms with E-state index in [1.165, 1.54) is 24.6 Å². The number of carbonyl (C=O) groups is 1. The molecule has 0 aromatic heterocycles. The van der Waals surface area contributed by atoms with Gasteiger partial charge in [0.25, 0.3) is 0 Å². The van der Waals surface area contributed by atoms with Gasteiger partial charge in [-0.25, -0.2) is 8.78 Å². The van der Waals surface area contributed by atoms with Crippen LogP contribution in [0.2, 0.25) is 0 Å². The van der Waals surface area contributed by atoms with Crippen molar-refractivity contribution in [3.05, 3.63) is 35.4 Å². The van der Waals surface area contributed by atoms with E-state index < -0.39 is 17.7 Å². The minimum absolute atomic E-state index is 0. The lowest BCUT2D eigenvalue weighted by Crippen LogP contribution is -2.41. The van der Waals surface area contributed by atoms with Crippen molar-refractivity contribution >= 4 is 30.7 Å². The number of hydrogen-bond acceptors (Lipinski definition) is 3. The van der Waals surface area contributed by atoms with Gasteiger partial charge in [0.05, 0.1) is 6.04 Å². The van der Waals surface area contributed by atoms with Gasteiger partial charge >= 0.3 is 0 Å². The van der Waals surface area contributed by atoms with Gasteiger partial charge in [-0.3, -0.25) is 4.79 Å². The van der Waals surface area contributed by atoms with Gasteiger partial charge in [-0.2, -0.15) is 0 Å². The first kappa shape index (κ1) is 26.1. The Labute approximate surface area is 173 Å². The van der Waals surface area contributed by atoms with Gasteiger partial charge in [-0.05, 0) is 51.0 Å². The standard InChI is InChI=1S/C19H29F2N3O.2ClH/c1-24(2)16(18-14(20)7-6-8-15(18)21)12-23-17(25)11-19(13-22)9-4-3-5-10-19;;/h6-8,16H,3-5,9-13,22H2,1-2H3,(H,23,25);2*1H. The van der Waals surface area contributed by atoms with E-state index in [1.54, 1.807) is 19.0 Å². The van der Waals surface area contributed by atoms with Crippen molar-refractivity contribution in [2.45, 2.75) is 44.6 Å². The molecule has 156 valence electrons. The molecule has 1 unspecified atom stereocenters. The summed E-state index contributed by atoms with van der Waals surface area (Å²) >= 11 is 0. The lowest BCUT2D eigenvalue weighted by atomic mass is 9.71. The lowest BCUT2D eigenvalue weighted by Gasteiger charge is -2.36. The summed E-state index contributed by atoms with van der Waals surface area (Å²) in [6.07, 6.45) is 5.71. The van der Waals surface area contributed by atoms with Crippen molar-refractivity contribution in [1.29, 1.82) is 0 Å². The minimum Gasteiger partial charge on any atom is -0.354 e. The molecule has 0 saturated heterocycles. The maximum Gasteiger partial charge on any atom is 0.220 e. The molecule has 8 heteroatoms. The maximum atomic E-state index is 14.1. The van der Waals surface area contributed by atoms with Gasteiger partial charge in [0.1, 0.15) is 11.6 Å². The minimum atomic E-state index is -0.598. The van der Waals surface area contributed by atoms with Gasteiger partial charge in [-0.1, -0.05) is 25.3 Å². The Kier molecular flexibility index (Phi) is 11.4. The fourth-order valence-electron chi connectivity index (χ4n) is 3.74. The summed E-state index contributed by atoms with van der Waals surface area (Å²) in [6, 6.07) is 3.25. The molecule has 4 nitrogen and oxygen atoms in total. The van der Waals surface area contributed by atoms with E-state index >= 15 is 0 Å². The highest BCUT2D eigenvalue weighted by Gasteiger charge is 2.33. The molecule has 1 atom stereocenters. The van der Waals surface area contributed by atoms with E-state index in [0.717, 1.165) is 25.7 Å². The first-order valence-electron chi connectivity index (χ1n) is 8.96. The summed E-state index contributed by atoms with van der Waals surface area (Å²) in [5.41, 5.74) is 5.79. The highest BCUT2D eigenvalue weighted by molar-refractivity contribution is 5.85. The lowest BCUT2D eigenvalue weighted by molar-refractivity contribution is -0.124. The number of hydrogen-bond donors (Lipinski definition) is 2. The van der Waals surface area contributed by atoms with Gasteiger partial charge in [-0.15, -0.1) is 24.8 Å². The molecule has 2 rings (SSSR count). The van der Waals surface area contributed by atoms with E-state index in [0.29, 0.717) is 13.0 Å². The van der Waals surface area contributed by atoms with Crippen LogP contribution in [0.4, 0.5) is 8.78 Å². The maximum absolute atomic E-state index is 14.1. The van der Waals surface area contributed by atoms with Crippen LogP contribution in [0.1, 0.15) is 50.1 Å². The summed E-state index contributed by atoms with van der Waals surface area (Å²) in [5.74, 6) is -1.30. The smallest absolute Gasteiger partial charge is 0.220 e. The van der Waals surface area contributed by atoms with Crippen LogP contribution in [0, 0.1) is 17.0 Å². The molecule has 0 spiro atoms. The number of amides is 1. The van der Waals surface area contributed by atoms with Crippen LogP contribution < -0.4 is 11.1 Å². The highest BCUT2D eigenvalue weighted by Crippen LogP contribution is 2.38. The van der Waals surface area contributed by atoms with E-state index in [4.69, 9.17) is 5.73 Å². The summed E-state index contributed by atoms with van der Waals surface area (Å²) < 4.78 is 28.2. The SMILES string of the molecule is CN(C)C(CNC(=O)CC1(CN)CCCCC1)c1c(F)cccc1F.Cl.Cl. The topological polar surface area (TPSA) is 58.4 Å². The third kappa shape index (κ3) is 6.86. The van der Waals surface area contributed by atoms with Crippen molar-refractivity contribution in [1.82, 2.24) is 10.2 Å². The summed E-state index contributed by atoms with van der Waals surface area (Å²) in [5, 5.41) is 2.85. The second-order valence-corrected chi connectivity index (χ2v) is 7.36. The van der Waals surface area contributed by atoms with E-state index in [1.807, 2.05) is 0 Å². The molecular weight excluding hydrogens is 395 g/mol. The number of nitrogens with zero attached hydrogens (tertiary/aromatic N) is 1. The summed E-state index contributed by atoms with van der Waals surface area (Å²) in [4.78, 5) is 14.1. The zero-order chi connectivity index (χ0) is 18.4. The zero-order valence-corrected chi connectivity index (χ0v) is 17.6. The highest BCUT2D eigenvalue weighted by atomic mass is 35.5. The van der Waals surface area contributed by atoms with Gasteiger partial charge in [0, 0.05) is 18.5 Å². The quantitative estimate of drug-likeness (QED) is 0.697. The molecule has 3 N–H and O–H groups in total. The molecule has 0 aliphatic heterocycles. The van der Waals surface area contributed by atoms with Crippen LogP contribution in [0.5, 0.6) is 0 Å². The molecule has 1 aliphatic carbocycles. The zero-order valence-electron chi connectivity index (χ0n) is 16.0. The second kappa shape index (κ2) is 11.8. The molecule has 0 heterocycles. The third-order valence-corrected chi connectivity index (χ3v) is 5.33. The van der Waals surface area contributed by atoms with Gasteiger partial charge < -0.3 is 16.0 Å². The Balaban J connectivity index is 0.00000338. The number of benzene rings is 1. The van der Waals surface area contributed by atoms with E-state index in [-0.39, 0.29) is 48.2 Å². The average Bonchev–Trinajstić information content (AvgIpc) is 2.58. The van der Waals surface area contributed by atoms with Crippen molar-refractivity contribution < 1.29 is 13.6 Å². The number of halogens is 4. The number of nitrogens with one attached hydrogen (secondary N) is 1. The molecule has 1 saturated carbocycles. The van der Waals surface area contributed by atoms with Gasteiger partial charge in [0.15, 0.2) is 0 Å². The molecule has 0 bridgehead atoms. The number of rotatable bonds is 7. The van der Waals surface area contributed by atoms with Crippen molar-refractivity contribution in [2.24, 2.45) is 11.1 Å². The first-order valence-corrected chi connectivity index (χ1v) is 8.96. The first-order chi connectivity index (χ1) is 11.9. The molecule has 27 heavy (non-hydrogen) atoms. The second-order valence-electron chi connectivity index (χ2n) is 7.36. The Morgan fingerprint density at radius 3 is 2.22 bits per heavy atom. The molecule has 1 aliphatic rings. The summed E-state index contributed by atoms with van der Waals surface area (Å²) in [7, 11) is 3.48. The molecule has 1 aromatic rings. The van der Waals surface area contributed by atoms with Crippen LogP contribution in [0.3, 0.4) is 0 Å². The molecular formula is C19H31Cl2F2N3O. The fraction of sp³-hybridized carbons (Fsp3) is 0.632. The predicted molar refractivity (Wildman–Crippen MR) is 109 cm³/mol. The Morgan fingerprint density at radius 2 is 1.74 bits per heavy atom. The molecule has 1 amide bonds. The molecule has 0 radical (unpaired) electrons. The normalized spacial score (nSPS) is 16.8. The molecule has 1 fully saturated rings. The van der Waals surface area contributed by atoms with Crippen LogP contribution >= 0.6 is 24.8 Å². The average molecular weight is 426 g/mol. The number of nitrogens with two attached hydrogens (primary N) is 1. The Morgan fingerprint density at radius 1 is 1.19 bits per heavy atom. The number of likely N-dealkylation sites (N-methyl/N-ethyl adjacent to an activating group) is 1. The van der Waals surface area contributed by atoms with Crippen LogP contribution in [0.25, 0.3) is 0 Å². The molecule has 1 aromatic carbocycles. The monoisotopic (exact) mass is 425 g/mol.